The molecule has 0 aliphatic rings. The summed E-state index contributed by atoms with van der Waals surface area (Å²) in [5.74, 6) is 0. The Labute approximate surface area is 82.8 Å². The van der Waals surface area contributed by atoms with Gasteiger partial charge in [0.25, 0.3) is 0 Å². The van der Waals surface area contributed by atoms with Crippen LogP contribution in [0.2, 0.25) is 0 Å². The van der Waals surface area contributed by atoms with Crippen molar-refractivity contribution >= 4 is 28.2 Å². The van der Waals surface area contributed by atoms with Crippen LogP contribution in [0.5, 0.6) is 0 Å². The van der Waals surface area contributed by atoms with Crippen molar-refractivity contribution in [2.45, 2.75) is 13.8 Å². The second-order valence-electron chi connectivity index (χ2n) is 2.66. The predicted octanol–water partition coefficient (Wildman–Crippen LogP) is 4.16. The molecule has 0 atom stereocenters. The topological polar surface area (TPSA) is 0 Å². The monoisotopic (exact) mass is 200 g/mol. The van der Waals surface area contributed by atoms with Gasteiger partial charge in [0.1, 0.15) is 0 Å². The summed E-state index contributed by atoms with van der Waals surface area (Å²) in [5.41, 5.74) is 2.15. The maximum absolute atomic E-state index is 5.99. The van der Waals surface area contributed by atoms with Crippen LogP contribution in [0.25, 0.3) is 5.03 Å². The highest BCUT2D eigenvalue weighted by molar-refractivity contribution is 6.54. The van der Waals surface area contributed by atoms with Gasteiger partial charge >= 0.3 is 0 Å². The molecule has 1 aromatic carbocycles. The van der Waals surface area contributed by atoms with Crippen LogP contribution in [-0.2, 0) is 0 Å². The second-order valence-corrected chi connectivity index (χ2v) is 3.61. The predicted molar refractivity (Wildman–Crippen MR) is 55.5 cm³/mol. The summed E-state index contributed by atoms with van der Waals surface area (Å²) in [5, 5.41) is 1.26. The minimum atomic E-state index is 0.631. The third kappa shape index (κ3) is 2.02. The number of hydrogen-bond acceptors (Lipinski definition) is 0. The number of allylic oxidation sites excluding steroid dienone is 1. The zero-order valence-electron chi connectivity index (χ0n) is 7.07. The number of benzene rings is 1. The van der Waals surface area contributed by atoms with E-state index in [0.29, 0.717) is 10.1 Å². The van der Waals surface area contributed by atoms with E-state index in [1.807, 2.05) is 31.2 Å². The van der Waals surface area contributed by atoms with Crippen LogP contribution in [0.1, 0.15) is 18.1 Å². The molecular weight excluding hydrogens is 191 g/mol. The molecule has 1 aromatic rings. The minimum absolute atomic E-state index is 0.631. The van der Waals surface area contributed by atoms with Crippen molar-refractivity contribution in [2.24, 2.45) is 0 Å². The highest BCUT2D eigenvalue weighted by atomic mass is 35.5. The molecule has 0 amide bonds. The van der Waals surface area contributed by atoms with Crippen LogP contribution in [0, 0.1) is 6.92 Å². The first kappa shape index (κ1) is 9.63. The third-order valence-electron chi connectivity index (χ3n) is 1.68. The van der Waals surface area contributed by atoms with E-state index in [2.05, 4.69) is 0 Å². The number of rotatable bonds is 1. The molecule has 0 saturated carbocycles. The summed E-state index contributed by atoms with van der Waals surface area (Å²) in [6.07, 6.45) is 0. The molecule has 0 nitrogen and oxygen atoms in total. The Kier molecular flexibility index (Phi) is 3.19. The van der Waals surface area contributed by atoms with Gasteiger partial charge in [-0.1, -0.05) is 47.5 Å². The fourth-order valence-electron chi connectivity index (χ4n) is 1.00. The Hall–Kier alpha value is -0.460. The van der Waals surface area contributed by atoms with E-state index in [4.69, 9.17) is 23.2 Å². The van der Waals surface area contributed by atoms with Gasteiger partial charge in [0, 0.05) is 5.03 Å². The zero-order chi connectivity index (χ0) is 9.14. The van der Waals surface area contributed by atoms with Crippen molar-refractivity contribution in [1.82, 2.24) is 0 Å². The Morgan fingerprint density at radius 3 is 2.25 bits per heavy atom. The van der Waals surface area contributed by atoms with Gasteiger partial charge in [-0.25, -0.2) is 0 Å². The largest absolute Gasteiger partial charge is 0.0878 e. The van der Waals surface area contributed by atoms with Gasteiger partial charge in [-0.05, 0) is 25.0 Å². The maximum atomic E-state index is 5.99. The standard InChI is InChI=1S/C10H10Cl2/c1-7-5-3-4-6-9(7)10(12)8(2)11/h3-6H,1-2H3/b10-8+. The van der Waals surface area contributed by atoms with Crippen molar-refractivity contribution in [3.63, 3.8) is 0 Å². The van der Waals surface area contributed by atoms with Crippen LogP contribution < -0.4 is 0 Å². The first-order valence-electron chi connectivity index (χ1n) is 3.71. The van der Waals surface area contributed by atoms with Crippen molar-refractivity contribution in [3.05, 3.63) is 40.4 Å². The molecule has 0 aromatic heterocycles. The van der Waals surface area contributed by atoms with Gasteiger partial charge in [-0.3, -0.25) is 0 Å². The summed E-state index contributed by atoms with van der Waals surface area (Å²) < 4.78 is 0. The summed E-state index contributed by atoms with van der Waals surface area (Å²) >= 11 is 11.8. The van der Waals surface area contributed by atoms with E-state index < -0.39 is 0 Å². The molecule has 64 valence electrons. The molecule has 0 heterocycles. The average molecular weight is 201 g/mol. The number of hydrogen-bond donors (Lipinski definition) is 0. The van der Waals surface area contributed by atoms with Crippen molar-refractivity contribution in [2.75, 3.05) is 0 Å². The van der Waals surface area contributed by atoms with Gasteiger partial charge in [-0.15, -0.1) is 0 Å². The average Bonchev–Trinajstić information content (AvgIpc) is 2.04. The first-order chi connectivity index (χ1) is 5.63. The van der Waals surface area contributed by atoms with E-state index in [-0.39, 0.29) is 0 Å². The Morgan fingerprint density at radius 2 is 1.75 bits per heavy atom. The molecule has 2 heteroatoms. The summed E-state index contributed by atoms with van der Waals surface area (Å²) in [6.45, 7) is 3.80. The molecule has 0 unspecified atom stereocenters. The lowest BCUT2D eigenvalue weighted by atomic mass is 10.1. The first-order valence-corrected chi connectivity index (χ1v) is 4.46. The quantitative estimate of drug-likeness (QED) is 0.639. The highest BCUT2D eigenvalue weighted by Gasteiger charge is 2.02. The summed E-state index contributed by atoms with van der Waals surface area (Å²) in [7, 11) is 0. The van der Waals surface area contributed by atoms with Crippen LogP contribution in [0.3, 0.4) is 0 Å². The third-order valence-corrected chi connectivity index (χ3v) is 2.46. The van der Waals surface area contributed by atoms with E-state index in [0.717, 1.165) is 11.1 Å². The SMILES string of the molecule is C/C(Cl)=C(\Cl)c1ccccc1C. The minimum Gasteiger partial charge on any atom is -0.0878 e. The van der Waals surface area contributed by atoms with Crippen LogP contribution in [0.15, 0.2) is 29.3 Å². The van der Waals surface area contributed by atoms with Gasteiger partial charge in [-0.2, -0.15) is 0 Å². The maximum Gasteiger partial charge on any atom is 0.0623 e. The number of aryl methyl sites for hydroxylation is 1. The second kappa shape index (κ2) is 3.97. The fraction of sp³-hybridized carbons (Fsp3) is 0.200. The van der Waals surface area contributed by atoms with Gasteiger partial charge in [0.05, 0.1) is 5.03 Å². The van der Waals surface area contributed by atoms with Crippen LogP contribution >= 0.6 is 23.2 Å². The van der Waals surface area contributed by atoms with E-state index in [9.17, 15) is 0 Å². The van der Waals surface area contributed by atoms with Crippen LogP contribution in [-0.4, -0.2) is 0 Å². The van der Waals surface area contributed by atoms with Gasteiger partial charge < -0.3 is 0 Å². The lowest BCUT2D eigenvalue weighted by Gasteiger charge is -2.03. The van der Waals surface area contributed by atoms with Crippen molar-refractivity contribution < 1.29 is 0 Å². The molecule has 12 heavy (non-hydrogen) atoms. The molecule has 0 spiro atoms. The van der Waals surface area contributed by atoms with Crippen molar-refractivity contribution in [3.8, 4) is 0 Å². The molecule has 0 fully saturated rings. The highest BCUT2D eigenvalue weighted by Crippen LogP contribution is 2.27. The zero-order valence-corrected chi connectivity index (χ0v) is 8.58. The van der Waals surface area contributed by atoms with E-state index in [1.165, 1.54) is 0 Å². The lowest BCUT2D eigenvalue weighted by Crippen LogP contribution is -1.83. The molecule has 0 bridgehead atoms. The molecule has 0 aliphatic heterocycles. The normalized spacial score (nSPS) is 12.7. The fourth-order valence-corrected chi connectivity index (χ4v) is 1.32. The number of halogens is 2. The lowest BCUT2D eigenvalue weighted by molar-refractivity contribution is 1.43. The van der Waals surface area contributed by atoms with Crippen molar-refractivity contribution in [1.29, 1.82) is 0 Å². The molecular formula is C10H10Cl2. The summed E-state index contributed by atoms with van der Waals surface area (Å²) in [4.78, 5) is 0. The Bertz CT molecular complexity index is 309. The molecule has 0 aliphatic carbocycles. The molecule has 0 N–H and O–H groups in total. The van der Waals surface area contributed by atoms with Gasteiger partial charge in [0.15, 0.2) is 0 Å². The Balaban J connectivity index is 3.21. The Morgan fingerprint density at radius 1 is 1.17 bits per heavy atom. The van der Waals surface area contributed by atoms with E-state index in [1.54, 1.807) is 6.92 Å². The van der Waals surface area contributed by atoms with Gasteiger partial charge in [0.2, 0.25) is 0 Å². The molecule has 0 radical (unpaired) electrons. The van der Waals surface area contributed by atoms with E-state index >= 15 is 0 Å². The smallest absolute Gasteiger partial charge is 0.0623 e. The molecule has 0 saturated heterocycles. The summed E-state index contributed by atoms with van der Waals surface area (Å²) in [6, 6.07) is 7.90. The molecule has 1 rings (SSSR count). The van der Waals surface area contributed by atoms with Crippen LogP contribution in [0.4, 0.5) is 0 Å².